The van der Waals surface area contributed by atoms with Crippen molar-refractivity contribution in [2.24, 2.45) is 5.73 Å². The Morgan fingerprint density at radius 3 is 2.42 bits per heavy atom. The van der Waals surface area contributed by atoms with Crippen LogP contribution in [-0.2, 0) is 27.2 Å². The third kappa shape index (κ3) is 5.65. The molecule has 3 amide bonds. The van der Waals surface area contributed by atoms with E-state index in [0.29, 0.717) is 6.07 Å². The molecule has 0 bridgehead atoms. The molecule has 31 heavy (non-hydrogen) atoms. The van der Waals surface area contributed by atoms with Crippen LogP contribution in [0.1, 0.15) is 18.1 Å². The number of nitrogens with one attached hydrogen (secondary N) is 3. The fraction of sp³-hybridized carbons (Fsp3) is 0.227. The maximum Gasteiger partial charge on any atom is 0.242 e. The Labute approximate surface area is 177 Å². The fourth-order valence-electron chi connectivity index (χ4n) is 3.30. The van der Waals surface area contributed by atoms with Gasteiger partial charge in [-0.1, -0.05) is 18.2 Å². The van der Waals surface area contributed by atoms with Crippen LogP contribution >= 0.6 is 0 Å². The molecule has 1 heterocycles. The Morgan fingerprint density at radius 2 is 1.74 bits per heavy atom. The highest BCUT2D eigenvalue weighted by molar-refractivity contribution is 5.92. The van der Waals surface area contributed by atoms with Crippen molar-refractivity contribution in [1.82, 2.24) is 15.6 Å². The van der Waals surface area contributed by atoms with Crippen molar-refractivity contribution in [3.8, 4) is 0 Å². The van der Waals surface area contributed by atoms with E-state index in [1.807, 2.05) is 24.3 Å². The largest absolute Gasteiger partial charge is 0.368 e. The number of halogens is 2. The van der Waals surface area contributed by atoms with Gasteiger partial charge in [0, 0.05) is 29.6 Å². The lowest BCUT2D eigenvalue weighted by molar-refractivity contribution is -0.130. The summed E-state index contributed by atoms with van der Waals surface area (Å²) in [6, 6.07) is 8.32. The first-order chi connectivity index (χ1) is 14.7. The second kappa shape index (κ2) is 9.38. The minimum atomic E-state index is -0.990. The number of aromatic nitrogens is 1. The van der Waals surface area contributed by atoms with E-state index < -0.39 is 41.4 Å². The Hall–Kier alpha value is -3.75. The molecule has 0 unspecified atom stereocenters. The summed E-state index contributed by atoms with van der Waals surface area (Å²) in [4.78, 5) is 39.6. The van der Waals surface area contributed by atoms with E-state index in [0.717, 1.165) is 28.6 Å². The van der Waals surface area contributed by atoms with Gasteiger partial charge >= 0.3 is 0 Å². The fourth-order valence-corrected chi connectivity index (χ4v) is 3.30. The summed E-state index contributed by atoms with van der Waals surface area (Å²) >= 11 is 0. The zero-order chi connectivity index (χ0) is 22.5. The van der Waals surface area contributed by atoms with E-state index in [1.54, 1.807) is 6.20 Å². The van der Waals surface area contributed by atoms with Crippen molar-refractivity contribution >= 4 is 28.6 Å². The van der Waals surface area contributed by atoms with Crippen LogP contribution in [0.25, 0.3) is 10.9 Å². The molecule has 0 aliphatic heterocycles. The average Bonchev–Trinajstić information content (AvgIpc) is 3.09. The Bertz CT molecular complexity index is 1110. The highest BCUT2D eigenvalue weighted by atomic mass is 19.1. The number of carbonyl (C=O) groups excluding carboxylic acids is 3. The monoisotopic (exact) mass is 428 g/mol. The SMILES string of the molecule is C[C@H](NC(=O)Cc1cc(F)cc(F)c1)C(=O)N[C@@H](Cc1c[nH]c2ccccc12)C(N)=O. The molecule has 9 heteroatoms. The molecule has 0 saturated heterocycles. The van der Waals surface area contributed by atoms with E-state index in [-0.39, 0.29) is 18.4 Å². The van der Waals surface area contributed by atoms with Gasteiger partial charge in [0.15, 0.2) is 0 Å². The van der Waals surface area contributed by atoms with Crippen molar-refractivity contribution in [2.75, 3.05) is 0 Å². The number of carbonyl (C=O) groups is 3. The first-order valence-electron chi connectivity index (χ1n) is 9.62. The number of hydrogen-bond donors (Lipinski definition) is 4. The first kappa shape index (κ1) is 21.9. The first-order valence-corrected chi connectivity index (χ1v) is 9.62. The van der Waals surface area contributed by atoms with E-state index in [2.05, 4.69) is 15.6 Å². The van der Waals surface area contributed by atoms with Gasteiger partial charge in [0.25, 0.3) is 0 Å². The Kier molecular flexibility index (Phi) is 6.64. The molecule has 0 saturated carbocycles. The minimum Gasteiger partial charge on any atom is -0.368 e. The molecule has 0 spiro atoms. The number of nitrogens with two attached hydrogens (primary N) is 1. The maximum absolute atomic E-state index is 13.3. The van der Waals surface area contributed by atoms with Crippen LogP contribution in [0.3, 0.4) is 0 Å². The number of fused-ring (bicyclic) bond motifs is 1. The molecule has 0 aliphatic rings. The van der Waals surface area contributed by atoms with E-state index in [1.165, 1.54) is 6.92 Å². The van der Waals surface area contributed by atoms with Gasteiger partial charge in [0.2, 0.25) is 17.7 Å². The lowest BCUT2D eigenvalue weighted by Crippen LogP contribution is -2.52. The quantitative estimate of drug-likeness (QED) is 0.438. The lowest BCUT2D eigenvalue weighted by atomic mass is 10.0. The van der Waals surface area contributed by atoms with Gasteiger partial charge in [0.1, 0.15) is 23.7 Å². The number of benzene rings is 2. The van der Waals surface area contributed by atoms with Gasteiger partial charge in [-0.05, 0) is 36.2 Å². The Balaban J connectivity index is 1.60. The van der Waals surface area contributed by atoms with E-state index in [4.69, 9.17) is 5.73 Å². The number of aromatic amines is 1. The summed E-state index contributed by atoms with van der Waals surface area (Å²) < 4.78 is 26.5. The van der Waals surface area contributed by atoms with Gasteiger partial charge < -0.3 is 21.4 Å². The third-order valence-corrected chi connectivity index (χ3v) is 4.82. The zero-order valence-corrected chi connectivity index (χ0v) is 16.7. The van der Waals surface area contributed by atoms with Gasteiger partial charge in [-0.3, -0.25) is 14.4 Å². The highest BCUT2D eigenvalue weighted by Gasteiger charge is 2.24. The molecule has 7 nitrogen and oxygen atoms in total. The summed E-state index contributed by atoms with van der Waals surface area (Å²) in [6.07, 6.45) is 1.62. The smallest absolute Gasteiger partial charge is 0.242 e. The standard InChI is InChI=1S/C22H22F2N4O3/c1-12(27-20(29)8-13-6-15(23)10-16(24)7-13)22(31)28-19(21(25)30)9-14-11-26-18-5-3-2-4-17(14)18/h2-7,10-12,19,26H,8-9H2,1H3,(H2,25,30)(H,27,29)(H,28,31)/t12-,19-/m0/s1. The van der Waals surface area contributed by atoms with Gasteiger partial charge in [-0.15, -0.1) is 0 Å². The molecular weight excluding hydrogens is 406 g/mol. The summed E-state index contributed by atoms with van der Waals surface area (Å²) in [5, 5.41) is 5.90. The highest BCUT2D eigenvalue weighted by Crippen LogP contribution is 2.19. The van der Waals surface area contributed by atoms with E-state index >= 15 is 0 Å². The third-order valence-electron chi connectivity index (χ3n) is 4.82. The van der Waals surface area contributed by atoms with Gasteiger partial charge in [-0.25, -0.2) is 8.78 Å². The molecule has 0 fully saturated rings. The molecule has 0 aliphatic carbocycles. The topological polar surface area (TPSA) is 117 Å². The molecule has 0 radical (unpaired) electrons. The van der Waals surface area contributed by atoms with Crippen LogP contribution in [0.15, 0.2) is 48.7 Å². The van der Waals surface area contributed by atoms with Gasteiger partial charge in [0.05, 0.1) is 6.42 Å². The predicted molar refractivity (Wildman–Crippen MR) is 111 cm³/mol. The number of hydrogen-bond acceptors (Lipinski definition) is 3. The Morgan fingerprint density at radius 1 is 1.06 bits per heavy atom. The molecule has 2 atom stereocenters. The number of para-hydroxylation sites is 1. The normalized spacial score (nSPS) is 12.9. The summed E-state index contributed by atoms with van der Waals surface area (Å²) in [5.41, 5.74) is 7.29. The van der Waals surface area contributed by atoms with Crippen molar-refractivity contribution in [2.45, 2.75) is 31.8 Å². The van der Waals surface area contributed by atoms with Crippen LogP contribution in [0.5, 0.6) is 0 Å². The molecule has 3 aromatic rings. The van der Waals surface area contributed by atoms with Crippen LogP contribution < -0.4 is 16.4 Å². The molecule has 1 aromatic heterocycles. The van der Waals surface area contributed by atoms with Crippen molar-refractivity contribution in [3.05, 3.63) is 71.4 Å². The molecule has 162 valence electrons. The van der Waals surface area contributed by atoms with Crippen LogP contribution in [0, 0.1) is 11.6 Å². The number of primary amides is 1. The molecule has 3 rings (SSSR count). The zero-order valence-electron chi connectivity index (χ0n) is 16.7. The van der Waals surface area contributed by atoms with Crippen molar-refractivity contribution in [1.29, 1.82) is 0 Å². The number of rotatable bonds is 8. The van der Waals surface area contributed by atoms with Crippen LogP contribution in [0.4, 0.5) is 8.78 Å². The van der Waals surface area contributed by atoms with E-state index in [9.17, 15) is 23.2 Å². The number of amides is 3. The summed E-state index contributed by atoms with van der Waals surface area (Å²) in [5.74, 6) is -3.51. The van der Waals surface area contributed by atoms with Crippen LogP contribution in [0.2, 0.25) is 0 Å². The van der Waals surface area contributed by atoms with Crippen LogP contribution in [-0.4, -0.2) is 34.8 Å². The second-order valence-corrected chi connectivity index (χ2v) is 7.27. The molecule has 2 aromatic carbocycles. The minimum absolute atomic E-state index is 0.136. The predicted octanol–water partition coefficient (Wildman–Crippen LogP) is 1.71. The summed E-state index contributed by atoms with van der Waals surface area (Å²) in [6.45, 7) is 1.43. The summed E-state index contributed by atoms with van der Waals surface area (Å²) in [7, 11) is 0. The number of H-pyrrole nitrogens is 1. The maximum atomic E-state index is 13.3. The lowest BCUT2D eigenvalue weighted by Gasteiger charge is -2.19. The molecule has 5 N–H and O–H groups in total. The second-order valence-electron chi connectivity index (χ2n) is 7.27. The average molecular weight is 428 g/mol. The van der Waals surface area contributed by atoms with Gasteiger partial charge in [-0.2, -0.15) is 0 Å². The molecular formula is C22H22F2N4O3. The van der Waals surface area contributed by atoms with Crippen molar-refractivity contribution < 1.29 is 23.2 Å². The van der Waals surface area contributed by atoms with Crippen molar-refractivity contribution in [3.63, 3.8) is 0 Å².